The summed E-state index contributed by atoms with van der Waals surface area (Å²) in [6.45, 7) is 3.35. The average molecular weight is 395 g/mol. The van der Waals surface area contributed by atoms with Gasteiger partial charge in [0.2, 0.25) is 0 Å². The van der Waals surface area contributed by atoms with Crippen LogP contribution in [0.4, 0.5) is 19.7 Å². The van der Waals surface area contributed by atoms with E-state index in [-0.39, 0.29) is 10.7 Å². The maximum absolute atomic E-state index is 13.9. The minimum Gasteiger partial charge on any atom is -0.452 e. The molecule has 1 atom stereocenters. The molecule has 27 heavy (non-hydrogen) atoms. The van der Waals surface area contributed by atoms with Gasteiger partial charge in [-0.2, -0.15) is 4.90 Å². The van der Waals surface area contributed by atoms with Crippen LogP contribution in [0.3, 0.4) is 0 Å². The number of carbonyl (C=O) groups excluding carboxylic acids is 2. The molecule has 0 saturated heterocycles. The van der Waals surface area contributed by atoms with Gasteiger partial charge < -0.3 is 15.2 Å². The van der Waals surface area contributed by atoms with Crippen LogP contribution in [0.15, 0.2) is 30.3 Å². The number of ether oxygens (including phenoxy) is 2. The third kappa shape index (κ3) is 4.04. The Morgan fingerprint density at radius 1 is 1.19 bits per heavy atom. The predicted molar refractivity (Wildman–Crippen MR) is 101 cm³/mol. The number of amides is 2. The molecule has 0 aliphatic heterocycles. The molecule has 2 N–H and O–H groups in total. The van der Waals surface area contributed by atoms with E-state index in [0.29, 0.717) is 27.2 Å². The minimum absolute atomic E-state index is 0.124. The van der Waals surface area contributed by atoms with Gasteiger partial charge in [-0.1, -0.05) is 23.7 Å². The van der Waals surface area contributed by atoms with Crippen molar-refractivity contribution in [2.24, 2.45) is 5.73 Å². The Bertz CT molecular complexity index is 870. The van der Waals surface area contributed by atoms with E-state index in [1.807, 2.05) is 0 Å². The number of nitrogens with two attached hydrogens (primary N) is 1. The van der Waals surface area contributed by atoms with E-state index in [1.165, 1.54) is 18.2 Å². The Hall–Kier alpha value is -2.64. The summed E-state index contributed by atoms with van der Waals surface area (Å²) in [5.74, 6) is -0.482. The fraction of sp³-hybridized carbons (Fsp3) is 0.263. The van der Waals surface area contributed by atoms with Crippen LogP contribution in [0, 0.1) is 12.7 Å². The van der Waals surface area contributed by atoms with Crippen molar-refractivity contribution >= 4 is 29.5 Å². The van der Waals surface area contributed by atoms with E-state index >= 15 is 0 Å². The molecule has 2 rings (SSSR count). The molecular formula is C19H20ClFN2O4. The zero-order valence-electron chi connectivity index (χ0n) is 15.4. The highest BCUT2D eigenvalue weighted by Gasteiger charge is 2.32. The summed E-state index contributed by atoms with van der Waals surface area (Å²) < 4.78 is 23.4. The number of carbonyl (C=O) groups is 2. The largest absolute Gasteiger partial charge is 0.452 e. The predicted octanol–water partition coefficient (Wildman–Crippen LogP) is 4.81. The lowest BCUT2D eigenvalue weighted by Crippen LogP contribution is -2.38. The van der Waals surface area contributed by atoms with Gasteiger partial charge >= 0.3 is 12.2 Å². The van der Waals surface area contributed by atoms with Crippen molar-refractivity contribution in [1.82, 2.24) is 0 Å². The van der Waals surface area contributed by atoms with E-state index in [2.05, 4.69) is 0 Å². The maximum Gasteiger partial charge on any atom is 0.423 e. The Balaban J connectivity index is 2.97. The number of nitrogens with zero attached hydrogens (tertiary/aromatic N) is 1. The van der Waals surface area contributed by atoms with Gasteiger partial charge in [0.1, 0.15) is 5.82 Å². The minimum atomic E-state index is -0.972. The molecule has 0 aliphatic rings. The molecule has 144 valence electrons. The molecule has 1 unspecified atom stereocenters. The first-order chi connectivity index (χ1) is 12.7. The van der Waals surface area contributed by atoms with Crippen molar-refractivity contribution in [3.05, 3.63) is 52.3 Å². The summed E-state index contributed by atoms with van der Waals surface area (Å²) in [5, 5.41) is 0.287. The number of rotatable bonds is 3. The zero-order valence-corrected chi connectivity index (χ0v) is 16.1. The van der Waals surface area contributed by atoms with Crippen molar-refractivity contribution in [3.8, 4) is 11.1 Å². The molecule has 0 saturated carbocycles. The number of imide groups is 1. The molecule has 0 bridgehead atoms. The third-order valence-corrected chi connectivity index (χ3v) is 4.46. The van der Waals surface area contributed by atoms with Gasteiger partial charge in [-0.05, 0) is 48.7 Å². The molecule has 0 heterocycles. The summed E-state index contributed by atoms with van der Waals surface area (Å²) in [7, 11) is 2.26. The van der Waals surface area contributed by atoms with Crippen molar-refractivity contribution in [3.63, 3.8) is 0 Å². The monoisotopic (exact) mass is 394 g/mol. The van der Waals surface area contributed by atoms with Gasteiger partial charge in [-0.25, -0.2) is 14.0 Å². The Labute approximate surface area is 161 Å². The first kappa shape index (κ1) is 20.7. The molecule has 8 heteroatoms. The van der Waals surface area contributed by atoms with Gasteiger partial charge in [0, 0.05) is 16.6 Å². The van der Waals surface area contributed by atoms with Gasteiger partial charge in [0.05, 0.1) is 19.9 Å². The fourth-order valence-electron chi connectivity index (χ4n) is 2.78. The van der Waals surface area contributed by atoms with Crippen LogP contribution < -0.4 is 10.6 Å². The number of anilines is 1. The molecule has 2 aromatic carbocycles. The summed E-state index contributed by atoms with van der Waals surface area (Å²) in [5.41, 5.74) is 7.98. The number of hydrogen-bond acceptors (Lipinski definition) is 5. The van der Waals surface area contributed by atoms with Gasteiger partial charge in [-0.3, -0.25) is 0 Å². The van der Waals surface area contributed by atoms with Crippen molar-refractivity contribution in [2.75, 3.05) is 19.1 Å². The topological polar surface area (TPSA) is 81.9 Å². The van der Waals surface area contributed by atoms with Crippen LogP contribution >= 0.6 is 11.6 Å². The normalized spacial score (nSPS) is 11.7. The molecular weight excluding hydrogens is 375 g/mol. The molecule has 0 spiro atoms. The second-order valence-corrected chi connectivity index (χ2v) is 6.28. The summed E-state index contributed by atoms with van der Waals surface area (Å²) in [6, 6.07) is 6.86. The van der Waals surface area contributed by atoms with Gasteiger partial charge in [-0.15, -0.1) is 0 Å². The van der Waals surface area contributed by atoms with Crippen molar-refractivity contribution in [2.45, 2.75) is 19.9 Å². The smallest absolute Gasteiger partial charge is 0.423 e. The van der Waals surface area contributed by atoms with Crippen LogP contribution in [-0.4, -0.2) is 26.4 Å². The molecule has 0 fully saturated rings. The van der Waals surface area contributed by atoms with Gasteiger partial charge in [0.15, 0.2) is 0 Å². The highest BCUT2D eigenvalue weighted by Crippen LogP contribution is 2.43. The molecule has 0 radical (unpaired) electrons. The standard InChI is InChI=1S/C19H20ClFN2O4/c1-10-15(20)9-14(11(2)22)16(12-6-5-7-13(21)8-12)17(10)23(18(24)26-3)19(25)27-4/h5-9,11H,22H2,1-4H3. The first-order valence-corrected chi connectivity index (χ1v) is 8.41. The Morgan fingerprint density at radius 2 is 1.78 bits per heavy atom. The van der Waals surface area contributed by atoms with E-state index in [1.54, 1.807) is 26.0 Å². The van der Waals surface area contributed by atoms with E-state index in [4.69, 9.17) is 26.8 Å². The molecule has 6 nitrogen and oxygen atoms in total. The molecule has 2 amide bonds. The van der Waals surface area contributed by atoms with Crippen molar-refractivity contribution < 1.29 is 23.5 Å². The van der Waals surface area contributed by atoms with E-state index < -0.39 is 24.0 Å². The van der Waals surface area contributed by atoms with Gasteiger partial charge in [0.25, 0.3) is 0 Å². The molecule has 0 aromatic heterocycles. The number of methoxy groups -OCH3 is 2. The SMILES string of the molecule is COC(=O)N(C(=O)OC)c1c(C)c(Cl)cc(C(C)N)c1-c1cccc(F)c1. The fourth-order valence-corrected chi connectivity index (χ4v) is 2.99. The van der Waals surface area contributed by atoms with Crippen LogP contribution in [-0.2, 0) is 9.47 Å². The third-order valence-electron chi connectivity index (χ3n) is 4.06. The first-order valence-electron chi connectivity index (χ1n) is 8.03. The summed E-state index contributed by atoms with van der Waals surface area (Å²) in [6.07, 6.45) is -1.94. The van der Waals surface area contributed by atoms with Crippen LogP contribution in [0.1, 0.15) is 24.1 Å². The quantitative estimate of drug-likeness (QED) is 0.807. The van der Waals surface area contributed by atoms with E-state index in [9.17, 15) is 14.0 Å². The zero-order chi connectivity index (χ0) is 20.3. The molecule has 2 aromatic rings. The van der Waals surface area contributed by atoms with Crippen LogP contribution in [0.2, 0.25) is 5.02 Å². The lowest BCUT2D eigenvalue weighted by Gasteiger charge is -2.26. The maximum atomic E-state index is 13.9. The highest BCUT2D eigenvalue weighted by molar-refractivity contribution is 6.32. The number of hydrogen-bond donors (Lipinski definition) is 1. The highest BCUT2D eigenvalue weighted by atomic mass is 35.5. The molecule has 0 aliphatic carbocycles. The summed E-state index contributed by atoms with van der Waals surface area (Å²) >= 11 is 6.33. The Morgan fingerprint density at radius 3 is 2.26 bits per heavy atom. The lowest BCUT2D eigenvalue weighted by atomic mass is 9.91. The lowest BCUT2D eigenvalue weighted by molar-refractivity contribution is 0.159. The summed E-state index contributed by atoms with van der Waals surface area (Å²) in [4.78, 5) is 25.4. The average Bonchev–Trinajstić information content (AvgIpc) is 2.64. The number of halogens is 2. The van der Waals surface area contributed by atoms with Crippen LogP contribution in [0.25, 0.3) is 11.1 Å². The second-order valence-electron chi connectivity index (χ2n) is 5.87. The van der Waals surface area contributed by atoms with Crippen LogP contribution in [0.5, 0.6) is 0 Å². The van der Waals surface area contributed by atoms with Crippen molar-refractivity contribution in [1.29, 1.82) is 0 Å². The number of benzene rings is 2. The Kier molecular flexibility index (Phi) is 6.41. The second kappa shape index (κ2) is 8.37. The van der Waals surface area contributed by atoms with E-state index in [0.717, 1.165) is 14.2 Å².